The summed E-state index contributed by atoms with van der Waals surface area (Å²) in [6.45, 7) is 4.55. The first-order chi connectivity index (χ1) is 17.7. The Morgan fingerprint density at radius 2 is 0.861 bits per heavy atom. The Morgan fingerprint density at radius 1 is 0.444 bits per heavy atom. The van der Waals surface area contributed by atoms with Crippen molar-refractivity contribution in [3.05, 3.63) is 83.9 Å². The molecule has 0 amide bonds. The van der Waals surface area contributed by atoms with Crippen LogP contribution in [0.15, 0.2) is 72.8 Å². The van der Waals surface area contributed by atoms with Gasteiger partial charge < -0.3 is 0 Å². The van der Waals surface area contributed by atoms with Crippen molar-refractivity contribution in [2.75, 3.05) is 0 Å². The van der Waals surface area contributed by atoms with Gasteiger partial charge in [-0.25, -0.2) is 0 Å². The molecule has 0 radical (unpaired) electrons. The number of fused-ring (bicyclic) bond motifs is 8. The van der Waals surface area contributed by atoms with Crippen LogP contribution in [0.1, 0.15) is 50.7 Å². The molecular weight excluding hydrogens is 566 g/mol. The monoisotopic (exact) mass is 598 g/mol. The van der Waals surface area contributed by atoms with E-state index in [9.17, 15) is 0 Å². The van der Waals surface area contributed by atoms with E-state index in [2.05, 4.69) is 86.6 Å². The Balaban J connectivity index is 1.38. The van der Waals surface area contributed by atoms with Crippen LogP contribution >= 0.6 is 0 Å². The molecule has 5 aromatic carbocycles. The Morgan fingerprint density at radius 3 is 1.31 bits per heavy atom. The van der Waals surface area contributed by atoms with Crippen molar-refractivity contribution in [1.82, 2.24) is 0 Å². The molecule has 36 heavy (non-hydrogen) atoms. The fourth-order valence-corrected chi connectivity index (χ4v) is 10.6. The topological polar surface area (TPSA) is 0 Å². The van der Waals surface area contributed by atoms with Crippen molar-refractivity contribution in [2.45, 2.75) is 52.4 Å². The number of benzene rings is 5. The van der Waals surface area contributed by atoms with E-state index < -0.39 is 0 Å². The molecule has 178 valence electrons. The van der Waals surface area contributed by atoms with Gasteiger partial charge in [0.15, 0.2) is 0 Å². The summed E-state index contributed by atoms with van der Waals surface area (Å²) in [5.74, 6) is 0. The summed E-state index contributed by atoms with van der Waals surface area (Å²) in [4.78, 5) is 0. The first-order valence-electron chi connectivity index (χ1n) is 13.4. The molecule has 2 heteroatoms. The van der Waals surface area contributed by atoms with Crippen molar-refractivity contribution in [3.63, 3.8) is 0 Å². The molecule has 2 heterocycles. The van der Waals surface area contributed by atoms with Gasteiger partial charge in [0.1, 0.15) is 0 Å². The molecule has 2 aromatic heterocycles. The predicted molar refractivity (Wildman–Crippen MR) is 163 cm³/mol. The second-order valence-electron chi connectivity index (χ2n) is 10.3. The summed E-state index contributed by atoms with van der Waals surface area (Å²) < 4.78 is 6.26. The van der Waals surface area contributed by atoms with Gasteiger partial charge in [-0.05, 0) is 0 Å². The summed E-state index contributed by atoms with van der Waals surface area (Å²) in [5, 5.41) is 11.6. The number of rotatable bonds is 6. The Labute approximate surface area is 224 Å². The third-order valence-corrected chi connectivity index (χ3v) is 12.4. The average molecular weight is 597 g/mol. The van der Waals surface area contributed by atoms with Crippen LogP contribution < -0.4 is 0 Å². The minimum atomic E-state index is 0.383. The first kappa shape index (κ1) is 22.8. The van der Waals surface area contributed by atoms with Gasteiger partial charge in [-0.15, -0.1) is 0 Å². The molecule has 0 N–H and O–H groups in total. The van der Waals surface area contributed by atoms with Crippen LogP contribution in [0.4, 0.5) is 0 Å². The zero-order chi connectivity index (χ0) is 24.2. The standard InChI is InChI=1S/C34H30Se2/c1-3-5-7-21-9-11-23-15-27-29-19-34-30(20-33(29)35-31(27)17-25(23)13-21)28-16-24-12-10-22(8-6-4-2)14-26(24)18-32(28)36-34/h9-20H,3-8H2,1-2H3. The number of aryl methyl sites for hydroxylation is 2. The van der Waals surface area contributed by atoms with E-state index in [1.54, 1.807) is 17.0 Å². The molecular formula is C34H30Se2. The summed E-state index contributed by atoms with van der Waals surface area (Å²) in [6, 6.07) is 29.3. The molecule has 0 saturated carbocycles. The second kappa shape index (κ2) is 9.20. The normalized spacial score (nSPS) is 12.3. The molecule has 7 aromatic rings. The van der Waals surface area contributed by atoms with Gasteiger partial charge in [0.25, 0.3) is 0 Å². The van der Waals surface area contributed by atoms with Crippen molar-refractivity contribution in [3.8, 4) is 0 Å². The van der Waals surface area contributed by atoms with Crippen molar-refractivity contribution >= 4 is 89.1 Å². The summed E-state index contributed by atoms with van der Waals surface area (Å²) in [6.07, 6.45) is 7.44. The Bertz CT molecular complexity index is 1770. The fourth-order valence-electron chi connectivity index (χ4n) is 5.70. The van der Waals surface area contributed by atoms with Gasteiger partial charge in [0, 0.05) is 0 Å². The van der Waals surface area contributed by atoms with Crippen molar-refractivity contribution in [1.29, 1.82) is 0 Å². The van der Waals surface area contributed by atoms with E-state index in [0.29, 0.717) is 29.0 Å². The molecule has 0 atom stereocenters. The van der Waals surface area contributed by atoms with Crippen LogP contribution in [-0.2, 0) is 12.8 Å². The maximum absolute atomic E-state index is 2.55. The molecule has 0 saturated heterocycles. The number of hydrogen-bond acceptors (Lipinski definition) is 0. The van der Waals surface area contributed by atoms with Gasteiger partial charge in [-0.3, -0.25) is 0 Å². The molecule has 0 spiro atoms. The maximum atomic E-state index is 2.55. The van der Waals surface area contributed by atoms with Crippen LogP contribution in [0.2, 0.25) is 0 Å². The van der Waals surface area contributed by atoms with Gasteiger partial charge in [-0.2, -0.15) is 0 Å². The van der Waals surface area contributed by atoms with Crippen LogP contribution in [-0.4, -0.2) is 29.0 Å². The molecule has 0 unspecified atom stereocenters. The Hall–Kier alpha value is -2.34. The van der Waals surface area contributed by atoms with Crippen molar-refractivity contribution in [2.24, 2.45) is 0 Å². The second-order valence-corrected chi connectivity index (χ2v) is 14.9. The minimum absolute atomic E-state index is 0.383. The molecule has 0 aliphatic heterocycles. The van der Waals surface area contributed by atoms with Crippen LogP contribution in [0.5, 0.6) is 0 Å². The van der Waals surface area contributed by atoms with E-state index in [0.717, 1.165) is 0 Å². The van der Waals surface area contributed by atoms with Gasteiger partial charge >= 0.3 is 225 Å². The predicted octanol–water partition coefficient (Wildman–Crippen LogP) is 9.40. The number of unbranched alkanes of at least 4 members (excludes halogenated alkanes) is 2. The molecule has 7 rings (SSSR count). The summed E-state index contributed by atoms with van der Waals surface area (Å²) >= 11 is 0.766. The third kappa shape index (κ3) is 3.87. The summed E-state index contributed by atoms with van der Waals surface area (Å²) in [5.41, 5.74) is 2.96. The molecule has 0 nitrogen and oxygen atoms in total. The average Bonchev–Trinajstić information content (AvgIpc) is 3.42. The van der Waals surface area contributed by atoms with E-state index in [1.807, 2.05) is 0 Å². The summed E-state index contributed by atoms with van der Waals surface area (Å²) in [7, 11) is 0. The molecule has 0 aliphatic rings. The van der Waals surface area contributed by atoms with E-state index >= 15 is 0 Å². The van der Waals surface area contributed by atoms with Crippen LogP contribution in [0.25, 0.3) is 60.1 Å². The third-order valence-electron chi connectivity index (χ3n) is 7.75. The fraction of sp³-hybridized carbons (Fsp3) is 0.235. The quantitative estimate of drug-likeness (QED) is 0.168. The zero-order valence-corrected chi connectivity index (χ0v) is 24.4. The van der Waals surface area contributed by atoms with Gasteiger partial charge in [0.05, 0.1) is 0 Å². The van der Waals surface area contributed by atoms with E-state index in [1.165, 1.54) is 92.7 Å². The number of hydrogen-bond donors (Lipinski definition) is 0. The van der Waals surface area contributed by atoms with Crippen LogP contribution in [0.3, 0.4) is 0 Å². The molecule has 0 aliphatic carbocycles. The molecule has 0 bridgehead atoms. The van der Waals surface area contributed by atoms with Crippen LogP contribution in [0, 0.1) is 0 Å². The van der Waals surface area contributed by atoms with Crippen molar-refractivity contribution < 1.29 is 0 Å². The van der Waals surface area contributed by atoms with E-state index in [-0.39, 0.29) is 0 Å². The molecule has 0 fully saturated rings. The zero-order valence-electron chi connectivity index (χ0n) is 21.0. The van der Waals surface area contributed by atoms with Gasteiger partial charge in [0.2, 0.25) is 0 Å². The SMILES string of the molecule is CCCCc1ccc2cc3c(cc2c1)[se]c1cc2c(cc13)[se]c1cc3cc(CCCC)ccc3cc12. The first-order valence-corrected chi connectivity index (χ1v) is 16.8. The van der Waals surface area contributed by atoms with Gasteiger partial charge in [-0.1, -0.05) is 0 Å². The van der Waals surface area contributed by atoms with E-state index in [4.69, 9.17) is 0 Å². The Kier molecular flexibility index (Phi) is 5.83.